The number of carboxylic acids is 1. The van der Waals surface area contributed by atoms with Gasteiger partial charge in [-0.15, -0.1) is 5.10 Å². The van der Waals surface area contributed by atoms with Gasteiger partial charge in [0.1, 0.15) is 33.5 Å². The number of amides is 5. The molecule has 22 heteroatoms. The van der Waals surface area contributed by atoms with Crippen LogP contribution < -0.4 is 20.9 Å². The third-order valence-electron chi connectivity index (χ3n) is 10.2. The van der Waals surface area contributed by atoms with Crippen LogP contribution in [0.15, 0.2) is 73.1 Å². The van der Waals surface area contributed by atoms with E-state index in [9.17, 15) is 42.3 Å². The molecule has 0 spiro atoms. The molecule has 324 valence electrons. The summed E-state index contributed by atoms with van der Waals surface area (Å²) in [7, 11) is -3.11. The Hall–Kier alpha value is -6.87. The third kappa shape index (κ3) is 9.68. The number of aromatic carboxylic acids is 1. The van der Waals surface area contributed by atoms with Crippen LogP contribution in [0.4, 0.5) is 26.7 Å². The van der Waals surface area contributed by atoms with Crippen LogP contribution in [0.2, 0.25) is 5.02 Å². The summed E-state index contributed by atoms with van der Waals surface area (Å²) in [4.78, 5) is 82.8. The maximum atomic E-state index is 14.3. The summed E-state index contributed by atoms with van der Waals surface area (Å²) >= 11 is 6.32. The number of rotatable bonds is 10. The summed E-state index contributed by atoms with van der Waals surface area (Å²) in [5, 5.41) is 30.0. The van der Waals surface area contributed by atoms with E-state index in [0.29, 0.717) is 35.2 Å². The highest BCUT2D eigenvalue weighted by Gasteiger charge is 2.41. The summed E-state index contributed by atoms with van der Waals surface area (Å²) < 4.78 is 31.3. The number of fused-ring (bicyclic) bond motifs is 1. The zero-order valence-corrected chi connectivity index (χ0v) is 35.1. The molecule has 2 aliphatic heterocycles. The predicted octanol–water partition coefficient (Wildman–Crippen LogP) is 3.88. The lowest BCUT2D eigenvalue weighted by molar-refractivity contribution is -0.149. The Kier molecular flexibility index (Phi) is 12.0. The monoisotopic (exact) mass is 888 g/mol. The molecule has 4 N–H and O–H groups in total. The van der Waals surface area contributed by atoms with E-state index in [-0.39, 0.29) is 64.7 Å². The highest BCUT2D eigenvalue weighted by Crippen LogP contribution is 2.31. The molecule has 2 aromatic heterocycles. The minimum Gasteiger partial charge on any atom is -0.477 e. The van der Waals surface area contributed by atoms with Gasteiger partial charge in [-0.25, -0.2) is 27.4 Å². The first-order valence-electron chi connectivity index (χ1n) is 19.3. The fourth-order valence-electron chi connectivity index (χ4n) is 7.21. The first-order valence-corrected chi connectivity index (χ1v) is 21.5. The largest absolute Gasteiger partial charge is 0.477 e. The van der Waals surface area contributed by atoms with Crippen molar-refractivity contribution in [3.05, 3.63) is 89.3 Å². The van der Waals surface area contributed by atoms with E-state index in [1.807, 2.05) is 0 Å². The lowest BCUT2D eigenvalue weighted by Gasteiger charge is -2.38. The average Bonchev–Trinajstić information content (AvgIpc) is 3.88. The van der Waals surface area contributed by atoms with Crippen LogP contribution in [0.3, 0.4) is 0 Å². The smallest absolute Gasteiger partial charge is 0.419 e. The fourth-order valence-corrected chi connectivity index (χ4v) is 8.87. The quantitative estimate of drug-likeness (QED) is 0.145. The van der Waals surface area contributed by atoms with Crippen molar-refractivity contribution >= 4 is 85.2 Å². The number of nitrogens with zero attached hydrogens (tertiary/aromatic N) is 7. The van der Waals surface area contributed by atoms with Crippen molar-refractivity contribution in [2.75, 3.05) is 40.1 Å². The van der Waals surface area contributed by atoms with E-state index in [1.165, 1.54) is 51.1 Å². The van der Waals surface area contributed by atoms with Crippen molar-refractivity contribution in [1.29, 1.82) is 0 Å². The van der Waals surface area contributed by atoms with Gasteiger partial charge in [-0.05, 0) is 104 Å². The lowest BCUT2D eigenvalue weighted by atomic mass is 10.0. The molecule has 4 heterocycles. The average molecular weight is 889 g/mol. The molecule has 2 saturated heterocycles. The number of carboxylic acid groups (broad SMARTS) is 1. The maximum Gasteiger partial charge on any atom is 0.419 e. The first-order chi connectivity index (χ1) is 29.4. The van der Waals surface area contributed by atoms with Gasteiger partial charge in [-0.3, -0.25) is 14.4 Å². The van der Waals surface area contributed by atoms with Gasteiger partial charge in [-0.2, -0.15) is 4.68 Å². The summed E-state index contributed by atoms with van der Waals surface area (Å²) in [6.45, 7) is 4.80. The zero-order valence-electron chi connectivity index (χ0n) is 33.6. The van der Waals surface area contributed by atoms with E-state index in [2.05, 4.69) is 31.5 Å². The van der Waals surface area contributed by atoms with Gasteiger partial charge in [0, 0.05) is 47.3 Å². The molecule has 2 fully saturated rings. The van der Waals surface area contributed by atoms with Crippen LogP contribution in [0.5, 0.6) is 0 Å². The first kappa shape index (κ1) is 43.2. The number of carbonyl (C=O) groups excluding carboxylic acids is 5. The van der Waals surface area contributed by atoms with E-state index in [0.717, 1.165) is 4.57 Å². The molecule has 1 unspecified atom stereocenters. The van der Waals surface area contributed by atoms with E-state index >= 15 is 0 Å². The van der Waals surface area contributed by atoms with Crippen molar-refractivity contribution < 1.29 is 47.0 Å². The lowest BCUT2D eigenvalue weighted by Crippen LogP contribution is -2.60. The number of sulfone groups is 1. The molecule has 20 nitrogen and oxygen atoms in total. The Morgan fingerprint density at radius 3 is 2.27 bits per heavy atom. The van der Waals surface area contributed by atoms with Gasteiger partial charge >= 0.3 is 29.9 Å². The third-order valence-corrected chi connectivity index (χ3v) is 12.1. The molecule has 5 amide bonds. The summed E-state index contributed by atoms with van der Waals surface area (Å²) in [6.07, 6.45) is 0.949. The summed E-state index contributed by atoms with van der Waals surface area (Å²) in [5.74, 6) is -4.01. The standard InChI is InChI=1S/C40H41ClN10O10S/c1-40(2,3)61-39(58)51-29-11-9-28(19-24(29)20-33(51)37(55)56)43-34(52)32(18-23-4-7-26(8-5-23)44-38(57)45-27-12-16-62(59,60)17-13-27)49-15-14-48(35(53)36(49)54)31-21-25(41)6-10-30(31)50-22-42-46-47-50/h4-11,19-22,27,32H,12-18H2,1-3H3,(H,43,52)(H,55,56)(H2,44,45,57). The van der Waals surface area contributed by atoms with E-state index < -0.39 is 57.3 Å². The predicted molar refractivity (Wildman–Crippen MR) is 225 cm³/mol. The number of benzene rings is 3. The number of ether oxygens (including phenoxy) is 1. The Morgan fingerprint density at radius 2 is 1.61 bits per heavy atom. The number of anilines is 3. The number of hydrogen-bond acceptors (Lipinski definition) is 12. The van der Waals surface area contributed by atoms with Crippen LogP contribution >= 0.6 is 11.6 Å². The number of piperazine rings is 1. The maximum absolute atomic E-state index is 14.3. The van der Waals surface area contributed by atoms with Gasteiger partial charge in [-0.1, -0.05) is 23.7 Å². The van der Waals surface area contributed by atoms with E-state index in [4.69, 9.17) is 16.3 Å². The molecule has 0 saturated carbocycles. The number of urea groups is 1. The van der Waals surface area contributed by atoms with Gasteiger partial charge in [0.05, 0.1) is 28.4 Å². The van der Waals surface area contributed by atoms with Crippen LogP contribution in [0, 0.1) is 0 Å². The van der Waals surface area contributed by atoms with Crippen LogP contribution in [-0.2, 0) is 35.4 Å². The summed E-state index contributed by atoms with van der Waals surface area (Å²) in [5.41, 5.74) is 0.729. The molecule has 3 aromatic carbocycles. The Balaban J connectivity index is 1.14. The molecule has 0 bridgehead atoms. The van der Waals surface area contributed by atoms with Crippen molar-refractivity contribution in [2.24, 2.45) is 0 Å². The summed E-state index contributed by atoms with van der Waals surface area (Å²) in [6, 6.07) is 14.7. The van der Waals surface area contributed by atoms with Crippen LogP contribution in [0.1, 0.15) is 49.7 Å². The van der Waals surface area contributed by atoms with Gasteiger partial charge < -0.3 is 35.6 Å². The van der Waals surface area contributed by atoms with Gasteiger partial charge in [0.25, 0.3) is 0 Å². The van der Waals surface area contributed by atoms with Crippen molar-refractivity contribution in [3.8, 4) is 5.69 Å². The molecule has 62 heavy (non-hydrogen) atoms. The molecule has 7 rings (SSSR count). The highest BCUT2D eigenvalue weighted by molar-refractivity contribution is 7.91. The molecular weight excluding hydrogens is 848 g/mol. The van der Waals surface area contributed by atoms with Crippen LogP contribution in [-0.4, -0.2) is 121 Å². The molecule has 1 atom stereocenters. The van der Waals surface area contributed by atoms with Crippen molar-refractivity contribution in [3.63, 3.8) is 0 Å². The second-order valence-corrected chi connectivity index (χ2v) is 18.4. The minimum atomic E-state index is -3.11. The van der Waals surface area contributed by atoms with Crippen molar-refractivity contribution in [1.82, 2.24) is 35.0 Å². The number of nitrogens with one attached hydrogen (secondary N) is 3. The topological polar surface area (TPSA) is 257 Å². The minimum absolute atomic E-state index is 0.00519. The number of aromatic nitrogens is 5. The normalized spacial score (nSPS) is 16.2. The SMILES string of the molecule is CC(C)(C)OC(=O)n1c(C(=O)O)cc2cc(NC(=O)C(Cc3ccc(NC(=O)NC4CCS(=O)(=O)CC4)cc3)N3CCN(c4cc(Cl)ccc4-n4cnnn4)C(=O)C3=O)ccc21. The Bertz CT molecular complexity index is 2690. The molecule has 5 aromatic rings. The second-order valence-electron chi connectivity index (χ2n) is 15.7. The van der Waals surface area contributed by atoms with Crippen molar-refractivity contribution in [2.45, 2.75) is 57.7 Å². The van der Waals surface area contributed by atoms with E-state index in [1.54, 1.807) is 57.2 Å². The highest BCUT2D eigenvalue weighted by atomic mass is 35.5. The molecular formula is C40H41ClN10O10S. The molecule has 0 radical (unpaired) electrons. The van der Waals surface area contributed by atoms with Gasteiger partial charge in [0.2, 0.25) is 5.91 Å². The number of tetrazole rings is 1. The second kappa shape index (κ2) is 17.2. The fraction of sp³-hybridized carbons (Fsp3) is 0.325. The molecule has 0 aliphatic carbocycles. The number of halogens is 1. The Morgan fingerprint density at radius 1 is 0.903 bits per heavy atom. The molecule has 2 aliphatic rings. The zero-order chi connectivity index (χ0) is 44.5. The van der Waals surface area contributed by atoms with Gasteiger partial charge in [0.15, 0.2) is 0 Å². The van der Waals surface area contributed by atoms with Crippen LogP contribution in [0.25, 0.3) is 16.6 Å². The number of hydrogen-bond donors (Lipinski definition) is 4. The Labute approximate surface area is 359 Å². The number of carbonyl (C=O) groups is 6.